The number of anilines is 1. The summed E-state index contributed by atoms with van der Waals surface area (Å²) in [5.74, 6) is 0.312. The number of carbonyl (C=O) groups excluding carboxylic acids is 2. The minimum atomic E-state index is -0.414. The molecule has 5 heteroatoms. The summed E-state index contributed by atoms with van der Waals surface area (Å²) in [5, 5.41) is 3.71. The smallest absolute Gasteiger partial charge is 0.251 e. The Morgan fingerprint density at radius 1 is 1.28 bits per heavy atom. The molecule has 2 atom stereocenters. The van der Waals surface area contributed by atoms with Crippen molar-refractivity contribution in [1.29, 1.82) is 0 Å². The molecular formula is C20H32N2O2S. The Morgan fingerprint density at radius 3 is 2.64 bits per heavy atom. The van der Waals surface area contributed by atoms with Crippen LogP contribution in [0.1, 0.15) is 86.5 Å². The van der Waals surface area contributed by atoms with Crippen molar-refractivity contribution >= 4 is 28.2 Å². The van der Waals surface area contributed by atoms with Crippen LogP contribution in [0.4, 0.5) is 5.00 Å². The van der Waals surface area contributed by atoms with Crippen LogP contribution in [0.25, 0.3) is 0 Å². The summed E-state index contributed by atoms with van der Waals surface area (Å²) >= 11 is 1.57. The van der Waals surface area contributed by atoms with Gasteiger partial charge in [0.2, 0.25) is 5.91 Å². The van der Waals surface area contributed by atoms with Crippen molar-refractivity contribution in [2.75, 3.05) is 5.32 Å². The number of fused-ring (bicyclic) bond motifs is 1. The van der Waals surface area contributed by atoms with Crippen molar-refractivity contribution in [2.45, 2.75) is 78.6 Å². The lowest BCUT2D eigenvalue weighted by Crippen LogP contribution is -2.24. The Hall–Kier alpha value is -1.36. The molecule has 0 spiro atoms. The number of primary amides is 1. The lowest BCUT2D eigenvalue weighted by Gasteiger charge is -2.21. The maximum atomic E-state index is 12.6. The number of thiophene rings is 1. The van der Waals surface area contributed by atoms with E-state index in [-0.39, 0.29) is 11.8 Å². The molecule has 1 aromatic rings. The topological polar surface area (TPSA) is 72.2 Å². The molecule has 0 radical (unpaired) electrons. The van der Waals surface area contributed by atoms with Gasteiger partial charge in [0.25, 0.3) is 5.91 Å². The van der Waals surface area contributed by atoms with E-state index in [1.807, 2.05) is 6.92 Å². The molecule has 0 aliphatic heterocycles. The molecule has 0 unspecified atom stereocenters. The van der Waals surface area contributed by atoms with Crippen LogP contribution < -0.4 is 11.1 Å². The Labute approximate surface area is 155 Å². The predicted molar refractivity (Wildman–Crippen MR) is 105 cm³/mol. The molecule has 2 amide bonds. The number of unbranched alkanes of at least 4 members (excludes halogenated alkanes) is 1. The van der Waals surface area contributed by atoms with E-state index in [0.717, 1.165) is 50.5 Å². The molecule has 0 fully saturated rings. The monoisotopic (exact) mass is 364 g/mol. The molecule has 0 saturated carbocycles. The minimum Gasteiger partial charge on any atom is -0.365 e. The molecule has 2 rings (SSSR count). The number of hydrogen-bond donors (Lipinski definition) is 2. The van der Waals surface area contributed by atoms with Gasteiger partial charge in [-0.05, 0) is 43.6 Å². The van der Waals surface area contributed by atoms with Gasteiger partial charge in [0.15, 0.2) is 0 Å². The van der Waals surface area contributed by atoms with Crippen LogP contribution in [0.15, 0.2) is 0 Å². The molecule has 3 N–H and O–H groups in total. The number of nitrogens with two attached hydrogens (primary N) is 1. The number of carbonyl (C=O) groups is 2. The van der Waals surface area contributed by atoms with E-state index in [1.165, 1.54) is 17.7 Å². The fourth-order valence-corrected chi connectivity index (χ4v) is 5.21. The van der Waals surface area contributed by atoms with Gasteiger partial charge in [-0.3, -0.25) is 9.59 Å². The Morgan fingerprint density at radius 2 is 2.04 bits per heavy atom. The zero-order chi connectivity index (χ0) is 18.4. The van der Waals surface area contributed by atoms with Gasteiger partial charge in [0, 0.05) is 10.8 Å². The third-order valence-electron chi connectivity index (χ3n) is 5.32. The van der Waals surface area contributed by atoms with Crippen molar-refractivity contribution in [3.8, 4) is 0 Å². The SMILES string of the molecule is CCCC[C@@H](CC)C(=O)Nc1sc2c(c1C(N)=O)CC[C@@H](CCC)C2. The number of nitrogens with one attached hydrogen (secondary N) is 1. The summed E-state index contributed by atoms with van der Waals surface area (Å²) in [5.41, 5.74) is 7.31. The van der Waals surface area contributed by atoms with Crippen LogP contribution in [0.5, 0.6) is 0 Å². The normalized spacial score (nSPS) is 17.8. The highest BCUT2D eigenvalue weighted by atomic mass is 32.1. The second kappa shape index (κ2) is 9.37. The molecule has 0 aromatic carbocycles. The minimum absolute atomic E-state index is 0.00708. The molecular weight excluding hydrogens is 332 g/mol. The molecule has 0 bridgehead atoms. The molecule has 25 heavy (non-hydrogen) atoms. The highest BCUT2D eigenvalue weighted by Crippen LogP contribution is 2.40. The molecule has 1 aromatic heterocycles. The Balaban J connectivity index is 2.20. The maximum Gasteiger partial charge on any atom is 0.251 e. The summed E-state index contributed by atoms with van der Waals surface area (Å²) in [7, 11) is 0. The first-order chi connectivity index (χ1) is 12.0. The van der Waals surface area contributed by atoms with Gasteiger partial charge in [0.05, 0.1) is 5.56 Å². The maximum absolute atomic E-state index is 12.6. The molecule has 4 nitrogen and oxygen atoms in total. The van der Waals surface area contributed by atoms with Crippen molar-refractivity contribution < 1.29 is 9.59 Å². The van der Waals surface area contributed by atoms with Gasteiger partial charge >= 0.3 is 0 Å². The zero-order valence-corrected chi connectivity index (χ0v) is 16.6. The second-order valence-corrected chi connectivity index (χ2v) is 8.31. The van der Waals surface area contributed by atoms with Crippen LogP contribution in [-0.4, -0.2) is 11.8 Å². The van der Waals surface area contributed by atoms with Crippen molar-refractivity contribution in [1.82, 2.24) is 0 Å². The van der Waals surface area contributed by atoms with E-state index < -0.39 is 5.91 Å². The van der Waals surface area contributed by atoms with Crippen molar-refractivity contribution in [3.05, 3.63) is 16.0 Å². The highest BCUT2D eigenvalue weighted by Gasteiger charge is 2.29. The van der Waals surface area contributed by atoms with Crippen LogP contribution in [0.3, 0.4) is 0 Å². The van der Waals surface area contributed by atoms with E-state index in [0.29, 0.717) is 16.5 Å². The number of rotatable bonds is 9. The van der Waals surface area contributed by atoms with Gasteiger partial charge in [-0.15, -0.1) is 11.3 Å². The third kappa shape index (κ3) is 4.84. The highest BCUT2D eigenvalue weighted by molar-refractivity contribution is 7.17. The summed E-state index contributed by atoms with van der Waals surface area (Å²) < 4.78 is 0. The molecule has 1 aliphatic rings. The van der Waals surface area contributed by atoms with E-state index in [1.54, 1.807) is 11.3 Å². The third-order valence-corrected chi connectivity index (χ3v) is 6.49. The fourth-order valence-electron chi connectivity index (χ4n) is 3.84. The molecule has 0 saturated heterocycles. The summed E-state index contributed by atoms with van der Waals surface area (Å²) in [6, 6.07) is 0. The first kappa shape index (κ1) is 20.0. The van der Waals surface area contributed by atoms with E-state index in [4.69, 9.17) is 5.73 Å². The summed E-state index contributed by atoms with van der Waals surface area (Å²) in [6.45, 7) is 6.39. The molecule has 1 heterocycles. The zero-order valence-electron chi connectivity index (χ0n) is 15.8. The lowest BCUT2D eigenvalue weighted by molar-refractivity contribution is -0.120. The first-order valence-corrected chi connectivity index (χ1v) is 10.6. The standard InChI is InChI=1S/C20H32N2O2S/c1-4-7-9-14(6-3)19(24)22-20-17(18(21)23)15-11-10-13(8-5-2)12-16(15)25-20/h13-14H,4-12H2,1-3H3,(H2,21,23)(H,22,24)/t13-,14-/m1/s1. The van der Waals surface area contributed by atoms with Crippen molar-refractivity contribution in [3.63, 3.8) is 0 Å². The number of amides is 2. The Bertz CT molecular complexity index is 609. The summed E-state index contributed by atoms with van der Waals surface area (Å²) in [4.78, 5) is 25.9. The average Bonchev–Trinajstić information content (AvgIpc) is 2.93. The average molecular weight is 365 g/mol. The van der Waals surface area contributed by atoms with Gasteiger partial charge in [0.1, 0.15) is 5.00 Å². The fraction of sp³-hybridized carbons (Fsp3) is 0.700. The lowest BCUT2D eigenvalue weighted by atomic mass is 9.84. The van der Waals surface area contributed by atoms with Crippen molar-refractivity contribution in [2.24, 2.45) is 17.6 Å². The van der Waals surface area contributed by atoms with Crippen LogP contribution >= 0.6 is 11.3 Å². The van der Waals surface area contributed by atoms with E-state index >= 15 is 0 Å². The van der Waals surface area contributed by atoms with Crippen LogP contribution in [0.2, 0.25) is 0 Å². The summed E-state index contributed by atoms with van der Waals surface area (Å²) in [6.07, 6.45) is 9.29. The molecule has 1 aliphatic carbocycles. The van der Waals surface area contributed by atoms with Crippen LogP contribution in [-0.2, 0) is 17.6 Å². The quantitative estimate of drug-likeness (QED) is 0.653. The molecule has 140 valence electrons. The largest absolute Gasteiger partial charge is 0.365 e. The van der Waals surface area contributed by atoms with Crippen LogP contribution in [0, 0.1) is 11.8 Å². The van der Waals surface area contributed by atoms with Gasteiger partial charge in [-0.1, -0.05) is 46.5 Å². The predicted octanol–water partition coefficient (Wildman–Crippen LogP) is 4.91. The van der Waals surface area contributed by atoms with Gasteiger partial charge < -0.3 is 11.1 Å². The van der Waals surface area contributed by atoms with E-state index in [2.05, 4.69) is 19.2 Å². The Kier molecular flexibility index (Phi) is 7.48. The van der Waals surface area contributed by atoms with Gasteiger partial charge in [-0.25, -0.2) is 0 Å². The first-order valence-electron chi connectivity index (χ1n) is 9.76. The van der Waals surface area contributed by atoms with Gasteiger partial charge in [-0.2, -0.15) is 0 Å². The number of hydrogen-bond acceptors (Lipinski definition) is 3. The second-order valence-electron chi connectivity index (χ2n) is 7.21. The van der Waals surface area contributed by atoms with E-state index in [9.17, 15) is 9.59 Å².